The maximum atomic E-state index is 13.6. The molecule has 3 heteroatoms. The Balaban J connectivity index is 1.92. The highest BCUT2D eigenvalue weighted by Crippen LogP contribution is 2.28. The Bertz CT molecular complexity index is 354. The van der Waals surface area contributed by atoms with Crippen LogP contribution in [0.2, 0.25) is 5.02 Å². The molecule has 94 valence electrons. The molecule has 1 aromatic carbocycles. The SMILES string of the molecule is CC(NCc1c(F)cccc1Cl)C1CCCC1. The van der Waals surface area contributed by atoms with E-state index in [-0.39, 0.29) is 5.82 Å². The average molecular weight is 256 g/mol. The minimum Gasteiger partial charge on any atom is -0.310 e. The fourth-order valence-electron chi connectivity index (χ4n) is 2.59. The first kappa shape index (κ1) is 12.8. The molecule has 1 saturated carbocycles. The van der Waals surface area contributed by atoms with Gasteiger partial charge in [-0.25, -0.2) is 4.39 Å². The van der Waals surface area contributed by atoms with E-state index in [9.17, 15) is 4.39 Å². The van der Waals surface area contributed by atoms with Gasteiger partial charge in [0.05, 0.1) is 0 Å². The number of hydrogen-bond donors (Lipinski definition) is 1. The summed E-state index contributed by atoms with van der Waals surface area (Å²) in [6.45, 7) is 2.70. The molecule has 17 heavy (non-hydrogen) atoms. The second-order valence-corrected chi connectivity index (χ2v) is 5.32. The highest BCUT2D eigenvalue weighted by atomic mass is 35.5. The van der Waals surface area contributed by atoms with Gasteiger partial charge >= 0.3 is 0 Å². The average Bonchev–Trinajstić information content (AvgIpc) is 2.81. The van der Waals surface area contributed by atoms with Crippen LogP contribution in [0.25, 0.3) is 0 Å². The molecule has 0 amide bonds. The summed E-state index contributed by atoms with van der Waals surface area (Å²) in [4.78, 5) is 0. The molecule has 1 fully saturated rings. The van der Waals surface area contributed by atoms with E-state index in [2.05, 4.69) is 12.2 Å². The third-order valence-corrected chi connectivity index (χ3v) is 4.12. The van der Waals surface area contributed by atoms with E-state index < -0.39 is 0 Å². The lowest BCUT2D eigenvalue weighted by molar-refractivity contribution is 0.378. The zero-order chi connectivity index (χ0) is 12.3. The Kier molecular flexibility index (Phi) is 4.41. The zero-order valence-electron chi connectivity index (χ0n) is 10.2. The van der Waals surface area contributed by atoms with Crippen molar-refractivity contribution in [1.29, 1.82) is 0 Å². The second kappa shape index (κ2) is 5.83. The van der Waals surface area contributed by atoms with Gasteiger partial charge in [0.1, 0.15) is 5.82 Å². The summed E-state index contributed by atoms with van der Waals surface area (Å²) >= 11 is 5.99. The van der Waals surface area contributed by atoms with Gasteiger partial charge in [-0.3, -0.25) is 0 Å². The summed E-state index contributed by atoms with van der Waals surface area (Å²) in [7, 11) is 0. The van der Waals surface area contributed by atoms with Crippen LogP contribution in [0.3, 0.4) is 0 Å². The van der Waals surface area contributed by atoms with Gasteiger partial charge in [0.15, 0.2) is 0 Å². The minimum atomic E-state index is -0.219. The third-order valence-electron chi connectivity index (χ3n) is 3.77. The number of rotatable bonds is 4. The molecule has 0 bridgehead atoms. The van der Waals surface area contributed by atoms with E-state index in [1.54, 1.807) is 12.1 Å². The summed E-state index contributed by atoms with van der Waals surface area (Å²) in [5, 5.41) is 3.91. The first-order valence-corrected chi connectivity index (χ1v) is 6.72. The topological polar surface area (TPSA) is 12.0 Å². The lowest BCUT2D eigenvalue weighted by Gasteiger charge is -2.20. The third kappa shape index (κ3) is 3.20. The number of hydrogen-bond acceptors (Lipinski definition) is 1. The van der Waals surface area contributed by atoms with Crippen molar-refractivity contribution in [2.24, 2.45) is 5.92 Å². The Morgan fingerprint density at radius 1 is 1.41 bits per heavy atom. The predicted molar refractivity (Wildman–Crippen MR) is 69.7 cm³/mol. The van der Waals surface area contributed by atoms with Gasteiger partial charge in [-0.15, -0.1) is 0 Å². The van der Waals surface area contributed by atoms with E-state index in [1.165, 1.54) is 31.7 Å². The molecule has 0 radical (unpaired) electrons. The highest BCUT2D eigenvalue weighted by molar-refractivity contribution is 6.31. The monoisotopic (exact) mass is 255 g/mol. The molecule has 1 aliphatic carbocycles. The van der Waals surface area contributed by atoms with Gasteiger partial charge < -0.3 is 5.32 Å². The quantitative estimate of drug-likeness (QED) is 0.852. The molecular formula is C14H19ClFN. The summed E-state index contributed by atoms with van der Waals surface area (Å²) < 4.78 is 13.6. The Labute approximate surface area is 107 Å². The molecular weight excluding hydrogens is 237 g/mol. The van der Waals surface area contributed by atoms with E-state index in [0.717, 1.165) is 5.92 Å². The molecule has 0 aromatic heterocycles. The van der Waals surface area contributed by atoms with Crippen molar-refractivity contribution >= 4 is 11.6 Å². The highest BCUT2D eigenvalue weighted by Gasteiger charge is 2.21. The van der Waals surface area contributed by atoms with Crippen molar-refractivity contribution in [2.75, 3.05) is 0 Å². The molecule has 2 rings (SSSR count). The molecule has 1 N–H and O–H groups in total. The molecule has 0 aliphatic heterocycles. The fraction of sp³-hybridized carbons (Fsp3) is 0.571. The molecule has 0 spiro atoms. The van der Waals surface area contributed by atoms with E-state index in [4.69, 9.17) is 11.6 Å². The van der Waals surface area contributed by atoms with Crippen LogP contribution in [0.15, 0.2) is 18.2 Å². The first-order valence-electron chi connectivity index (χ1n) is 6.34. The standard InChI is InChI=1S/C14H19ClFN/c1-10(11-5-2-3-6-11)17-9-12-13(15)7-4-8-14(12)16/h4,7-8,10-11,17H,2-3,5-6,9H2,1H3. The summed E-state index contributed by atoms with van der Waals surface area (Å²) in [6, 6.07) is 5.28. The number of benzene rings is 1. The van der Waals surface area contributed by atoms with Gasteiger partial charge in [-0.1, -0.05) is 30.5 Å². The van der Waals surface area contributed by atoms with Gasteiger partial charge in [-0.2, -0.15) is 0 Å². The molecule has 0 saturated heterocycles. The van der Waals surface area contributed by atoms with E-state index in [0.29, 0.717) is 23.2 Å². The number of halogens is 2. The van der Waals surface area contributed by atoms with Crippen LogP contribution in [-0.2, 0) is 6.54 Å². The first-order chi connectivity index (χ1) is 8.18. The van der Waals surface area contributed by atoms with Crippen LogP contribution in [0.4, 0.5) is 4.39 Å². The Hall–Kier alpha value is -0.600. The van der Waals surface area contributed by atoms with Crippen LogP contribution in [-0.4, -0.2) is 6.04 Å². The van der Waals surface area contributed by atoms with E-state index in [1.807, 2.05) is 0 Å². The molecule has 1 nitrogen and oxygen atoms in total. The fourth-order valence-corrected chi connectivity index (χ4v) is 2.82. The predicted octanol–water partition coefficient (Wildman–Crippen LogP) is 4.15. The lowest BCUT2D eigenvalue weighted by atomic mass is 9.99. The van der Waals surface area contributed by atoms with Crippen LogP contribution in [0.1, 0.15) is 38.2 Å². The summed E-state index contributed by atoms with van der Waals surface area (Å²) in [6.07, 6.45) is 5.24. The summed E-state index contributed by atoms with van der Waals surface area (Å²) in [5.74, 6) is 0.518. The lowest BCUT2D eigenvalue weighted by Crippen LogP contribution is -2.32. The number of nitrogens with one attached hydrogen (secondary N) is 1. The zero-order valence-corrected chi connectivity index (χ0v) is 10.9. The van der Waals surface area contributed by atoms with Gasteiger partial charge in [0, 0.05) is 23.2 Å². The van der Waals surface area contributed by atoms with Crippen LogP contribution >= 0.6 is 11.6 Å². The van der Waals surface area contributed by atoms with Gasteiger partial charge in [0.2, 0.25) is 0 Å². The van der Waals surface area contributed by atoms with Gasteiger partial charge in [0.25, 0.3) is 0 Å². The maximum absolute atomic E-state index is 13.6. The summed E-state index contributed by atoms with van der Waals surface area (Å²) in [5.41, 5.74) is 0.582. The maximum Gasteiger partial charge on any atom is 0.129 e. The van der Waals surface area contributed by atoms with Crippen LogP contribution in [0, 0.1) is 11.7 Å². The van der Waals surface area contributed by atoms with Crippen molar-refractivity contribution in [3.05, 3.63) is 34.6 Å². The molecule has 1 aromatic rings. The smallest absolute Gasteiger partial charge is 0.129 e. The van der Waals surface area contributed by atoms with Crippen LogP contribution in [0.5, 0.6) is 0 Å². The molecule has 0 heterocycles. The Morgan fingerprint density at radius 2 is 2.12 bits per heavy atom. The molecule has 1 aliphatic rings. The second-order valence-electron chi connectivity index (χ2n) is 4.91. The van der Waals surface area contributed by atoms with Crippen LogP contribution < -0.4 is 5.32 Å². The van der Waals surface area contributed by atoms with E-state index >= 15 is 0 Å². The minimum absolute atomic E-state index is 0.219. The van der Waals surface area contributed by atoms with Gasteiger partial charge in [-0.05, 0) is 37.8 Å². The van der Waals surface area contributed by atoms with Crippen molar-refractivity contribution in [1.82, 2.24) is 5.32 Å². The largest absolute Gasteiger partial charge is 0.310 e. The van der Waals surface area contributed by atoms with Crippen molar-refractivity contribution in [2.45, 2.75) is 45.2 Å². The van der Waals surface area contributed by atoms with Crippen molar-refractivity contribution < 1.29 is 4.39 Å². The molecule has 1 unspecified atom stereocenters. The van der Waals surface area contributed by atoms with Crippen molar-refractivity contribution in [3.63, 3.8) is 0 Å². The normalized spacial score (nSPS) is 18.5. The molecule has 1 atom stereocenters. The van der Waals surface area contributed by atoms with Crippen molar-refractivity contribution in [3.8, 4) is 0 Å². The Morgan fingerprint density at radius 3 is 2.76 bits per heavy atom.